The van der Waals surface area contributed by atoms with Gasteiger partial charge in [0.05, 0.1) is 7.11 Å². The molecule has 2 atom stereocenters. The summed E-state index contributed by atoms with van der Waals surface area (Å²) in [6, 6.07) is 7.94. The zero-order valence-corrected chi connectivity index (χ0v) is 18.3. The van der Waals surface area contributed by atoms with Crippen LogP contribution in [0.5, 0.6) is 5.75 Å². The quantitative estimate of drug-likeness (QED) is 0.693. The molecule has 162 valence electrons. The predicted molar refractivity (Wildman–Crippen MR) is 114 cm³/mol. The fraction of sp³-hybridized carbons (Fsp3) is 0.636. The largest absolute Gasteiger partial charge is 0.497 e. The predicted octanol–water partition coefficient (Wildman–Crippen LogP) is 3.33. The summed E-state index contributed by atoms with van der Waals surface area (Å²) in [6.07, 6.45) is 1.55. The van der Waals surface area contributed by atoms with E-state index in [0.717, 1.165) is 30.9 Å². The van der Waals surface area contributed by atoms with E-state index in [-0.39, 0.29) is 11.9 Å². The molecule has 0 bridgehead atoms. The molecule has 1 aliphatic rings. The second-order valence-corrected chi connectivity index (χ2v) is 8.69. The van der Waals surface area contributed by atoms with Crippen molar-refractivity contribution < 1.29 is 19.1 Å². The number of methoxy groups -OCH3 is 1. The first-order chi connectivity index (χ1) is 13.7. The van der Waals surface area contributed by atoms with Gasteiger partial charge in [-0.1, -0.05) is 6.07 Å². The van der Waals surface area contributed by atoms with Crippen LogP contribution in [0.3, 0.4) is 0 Å². The molecule has 1 aromatic carbocycles. The highest BCUT2D eigenvalue weighted by Gasteiger charge is 2.23. The van der Waals surface area contributed by atoms with Gasteiger partial charge in [-0.15, -0.1) is 0 Å². The Hall–Kier alpha value is -2.44. The monoisotopic (exact) mass is 405 g/mol. The average Bonchev–Trinajstić information content (AvgIpc) is 3.12. The molecule has 7 nitrogen and oxygen atoms in total. The fourth-order valence-corrected chi connectivity index (χ4v) is 3.32. The molecule has 29 heavy (non-hydrogen) atoms. The van der Waals surface area contributed by atoms with Crippen LogP contribution in [-0.2, 0) is 9.53 Å². The number of nitrogens with one attached hydrogen (secondary N) is 2. The standard InChI is InChI=1S/C22H35N3O4/c1-16(24-21(27)29-22(2,3)4)9-10-20(26)23-14-17-11-12-25(15-17)18-7-6-8-19(13-18)28-5/h6-8,13,16-17H,9-12,14-15H2,1-5H3,(H,23,26)(H,24,27)/t16-,17-/m1/s1. The van der Waals surface area contributed by atoms with E-state index in [1.165, 1.54) is 0 Å². The van der Waals surface area contributed by atoms with Crippen LogP contribution in [0.4, 0.5) is 10.5 Å². The second-order valence-electron chi connectivity index (χ2n) is 8.69. The lowest BCUT2D eigenvalue weighted by Crippen LogP contribution is -2.38. The molecule has 0 spiro atoms. The van der Waals surface area contributed by atoms with Gasteiger partial charge in [-0.2, -0.15) is 0 Å². The first-order valence-corrected chi connectivity index (χ1v) is 10.3. The Kier molecular flexibility index (Phi) is 8.17. The third kappa shape index (κ3) is 8.21. The normalized spacial score (nSPS) is 17.6. The van der Waals surface area contributed by atoms with Gasteiger partial charge in [0.15, 0.2) is 0 Å². The smallest absolute Gasteiger partial charge is 0.407 e. The molecule has 2 amide bonds. The highest BCUT2D eigenvalue weighted by molar-refractivity contribution is 5.76. The van der Waals surface area contributed by atoms with Crippen molar-refractivity contribution in [2.24, 2.45) is 5.92 Å². The molecule has 7 heteroatoms. The van der Waals surface area contributed by atoms with Gasteiger partial charge in [-0.25, -0.2) is 4.79 Å². The molecule has 1 fully saturated rings. The van der Waals surface area contributed by atoms with E-state index >= 15 is 0 Å². The van der Waals surface area contributed by atoms with Gasteiger partial charge < -0.3 is 25.0 Å². The minimum absolute atomic E-state index is 0.0164. The van der Waals surface area contributed by atoms with Crippen LogP contribution in [-0.4, -0.2) is 50.4 Å². The lowest BCUT2D eigenvalue weighted by Gasteiger charge is -2.22. The van der Waals surface area contributed by atoms with E-state index in [4.69, 9.17) is 9.47 Å². The molecule has 2 rings (SSSR count). The number of rotatable bonds is 8. The average molecular weight is 406 g/mol. The van der Waals surface area contributed by atoms with Gasteiger partial charge in [0, 0.05) is 43.9 Å². The van der Waals surface area contributed by atoms with Crippen molar-refractivity contribution in [1.82, 2.24) is 10.6 Å². The molecule has 0 radical (unpaired) electrons. The van der Waals surface area contributed by atoms with E-state index in [9.17, 15) is 9.59 Å². The van der Waals surface area contributed by atoms with Gasteiger partial charge in [-0.3, -0.25) is 4.79 Å². The molecule has 0 aromatic heterocycles. The van der Waals surface area contributed by atoms with Crippen LogP contribution in [0, 0.1) is 5.92 Å². The topological polar surface area (TPSA) is 79.9 Å². The number of carbonyl (C=O) groups is 2. The Morgan fingerprint density at radius 2 is 2.07 bits per heavy atom. The maximum Gasteiger partial charge on any atom is 0.407 e. The van der Waals surface area contributed by atoms with Crippen molar-refractivity contribution in [1.29, 1.82) is 0 Å². The minimum Gasteiger partial charge on any atom is -0.497 e. The minimum atomic E-state index is -0.527. The van der Waals surface area contributed by atoms with Gasteiger partial charge in [0.25, 0.3) is 0 Å². The summed E-state index contributed by atoms with van der Waals surface area (Å²) in [6.45, 7) is 9.91. The van der Waals surface area contributed by atoms with E-state index in [1.54, 1.807) is 7.11 Å². The summed E-state index contributed by atoms with van der Waals surface area (Å²) < 4.78 is 10.5. The number of benzene rings is 1. The molecular weight excluding hydrogens is 370 g/mol. The van der Waals surface area contributed by atoms with Gasteiger partial charge in [-0.05, 0) is 58.6 Å². The molecule has 2 N–H and O–H groups in total. The molecular formula is C22H35N3O4. The van der Waals surface area contributed by atoms with Crippen molar-refractivity contribution in [3.05, 3.63) is 24.3 Å². The fourth-order valence-electron chi connectivity index (χ4n) is 3.32. The van der Waals surface area contributed by atoms with Crippen LogP contribution >= 0.6 is 0 Å². The Bertz CT molecular complexity index is 687. The van der Waals surface area contributed by atoms with E-state index in [1.807, 2.05) is 45.9 Å². The van der Waals surface area contributed by atoms with Crippen molar-refractivity contribution >= 4 is 17.7 Å². The number of ether oxygens (including phenoxy) is 2. The van der Waals surface area contributed by atoms with Crippen LogP contribution in [0.2, 0.25) is 0 Å². The summed E-state index contributed by atoms with van der Waals surface area (Å²) >= 11 is 0. The summed E-state index contributed by atoms with van der Waals surface area (Å²) in [5.41, 5.74) is 0.626. The number of nitrogens with zero attached hydrogens (tertiary/aromatic N) is 1. The zero-order valence-electron chi connectivity index (χ0n) is 18.3. The third-order valence-corrected chi connectivity index (χ3v) is 4.86. The maximum absolute atomic E-state index is 12.2. The summed E-state index contributed by atoms with van der Waals surface area (Å²) in [7, 11) is 1.67. The van der Waals surface area contributed by atoms with Gasteiger partial charge in [0.2, 0.25) is 5.91 Å². The van der Waals surface area contributed by atoms with Crippen LogP contribution < -0.4 is 20.3 Å². The van der Waals surface area contributed by atoms with E-state index in [2.05, 4.69) is 21.6 Å². The third-order valence-electron chi connectivity index (χ3n) is 4.86. The summed E-state index contributed by atoms with van der Waals surface area (Å²) in [4.78, 5) is 26.2. The number of hydrogen-bond acceptors (Lipinski definition) is 5. The highest BCUT2D eigenvalue weighted by atomic mass is 16.6. The van der Waals surface area contributed by atoms with Crippen LogP contribution in [0.1, 0.15) is 47.0 Å². The molecule has 1 heterocycles. The Balaban J connectivity index is 1.66. The molecule has 1 aliphatic heterocycles. The van der Waals surface area contributed by atoms with Crippen LogP contribution in [0.15, 0.2) is 24.3 Å². The lowest BCUT2D eigenvalue weighted by molar-refractivity contribution is -0.121. The van der Waals surface area contributed by atoms with Gasteiger partial charge in [0.1, 0.15) is 11.4 Å². The number of amides is 2. The van der Waals surface area contributed by atoms with Crippen molar-refractivity contribution in [2.75, 3.05) is 31.6 Å². The molecule has 0 saturated carbocycles. The number of anilines is 1. The van der Waals surface area contributed by atoms with Gasteiger partial charge >= 0.3 is 6.09 Å². The highest BCUT2D eigenvalue weighted by Crippen LogP contribution is 2.26. The summed E-state index contributed by atoms with van der Waals surface area (Å²) in [5.74, 6) is 1.30. The lowest BCUT2D eigenvalue weighted by atomic mass is 10.1. The zero-order chi connectivity index (χ0) is 21.4. The first-order valence-electron chi connectivity index (χ1n) is 10.3. The number of carbonyl (C=O) groups excluding carboxylic acids is 2. The molecule has 1 saturated heterocycles. The summed E-state index contributed by atoms with van der Waals surface area (Å²) in [5, 5.41) is 5.80. The second kappa shape index (κ2) is 10.4. The van der Waals surface area contributed by atoms with E-state index in [0.29, 0.717) is 25.3 Å². The Morgan fingerprint density at radius 3 is 2.76 bits per heavy atom. The number of alkyl carbamates (subject to hydrolysis) is 1. The maximum atomic E-state index is 12.2. The van der Waals surface area contributed by atoms with Crippen LogP contribution in [0.25, 0.3) is 0 Å². The molecule has 0 aliphatic carbocycles. The van der Waals surface area contributed by atoms with Crippen molar-refractivity contribution in [3.8, 4) is 5.75 Å². The van der Waals surface area contributed by atoms with Crippen molar-refractivity contribution in [2.45, 2.75) is 58.6 Å². The first kappa shape index (κ1) is 22.8. The Morgan fingerprint density at radius 1 is 1.31 bits per heavy atom. The van der Waals surface area contributed by atoms with Crippen molar-refractivity contribution in [3.63, 3.8) is 0 Å². The molecule has 1 aromatic rings. The Labute approximate surface area is 174 Å². The SMILES string of the molecule is COc1cccc(N2CC[C@H](CNC(=O)CC[C@@H](C)NC(=O)OC(C)(C)C)C2)c1. The van der Waals surface area contributed by atoms with E-state index < -0.39 is 11.7 Å². The molecule has 0 unspecified atom stereocenters. The number of hydrogen-bond donors (Lipinski definition) is 2.